The molecular formula is C26H23N3O3. The monoisotopic (exact) mass is 425 g/mol. The number of benzene rings is 3. The average Bonchev–Trinajstić information content (AvgIpc) is 2.82. The molecule has 4 rings (SSSR count). The molecule has 0 fully saturated rings. The number of nitrogens with zero attached hydrogens (tertiary/aromatic N) is 1. The zero-order valence-corrected chi connectivity index (χ0v) is 17.9. The molecular weight excluding hydrogens is 402 g/mol. The molecule has 6 nitrogen and oxygen atoms in total. The molecule has 0 atom stereocenters. The fraction of sp³-hybridized carbons (Fsp3) is 0.115. The summed E-state index contributed by atoms with van der Waals surface area (Å²) in [6.07, 6.45) is 0. The average molecular weight is 425 g/mol. The standard InChI is InChI=1S/C26H23N3O3/c1-3-27-26(31)19-15-13-18(14-16-19)23-17(2)25(30)29-28-24(23)21-11-7-8-12-22(21)32-20-9-5-4-6-10-20/h4-16H,3H2,1-2H3,(H,27,31)(H,29,30). The van der Waals surface area contributed by atoms with Crippen LogP contribution in [0.15, 0.2) is 83.7 Å². The quantitative estimate of drug-likeness (QED) is 0.458. The zero-order chi connectivity index (χ0) is 22.5. The molecule has 0 aliphatic carbocycles. The van der Waals surface area contributed by atoms with E-state index in [4.69, 9.17) is 4.74 Å². The maximum atomic E-state index is 12.4. The van der Waals surface area contributed by atoms with Gasteiger partial charge in [-0.3, -0.25) is 9.59 Å². The zero-order valence-electron chi connectivity index (χ0n) is 17.9. The Morgan fingerprint density at radius 3 is 2.38 bits per heavy atom. The maximum absolute atomic E-state index is 12.4. The van der Waals surface area contributed by atoms with E-state index in [1.54, 1.807) is 19.1 Å². The van der Waals surface area contributed by atoms with Crippen molar-refractivity contribution in [2.24, 2.45) is 0 Å². The minimum Gasteiger partial charge on any atom is -0.457 e. The van der Waals surface area contributed by atoms with Crippen LogP contribution < -0.4 is 15.6 Å². The molecule has 0 saturated heterocycles. The number of hydrogen-bond acceptors (Lipinski definition) is 4. The van der Waals surface area contributed by atoms with E-state index in [1.165, 1.54) is 0 Å². The molecule has 3 aromatic carbocycles. The highest BCUT2D eigenvalue weighted by atomic mass is 16.5. The summed E-state index contributed by atoms with van der Waals surface area (Å²) in [5.41, 5.74) is 3.66. The Kier molecular flexibility index (Phi) is 6.12. The van der Waals surface area contributed by atoms with Crippen molar-refractivity contribution in [3.05, 3.63) is 100 Å². The SMILES string of the molecule is CCNC(=O)c1ccc(-c2c(-c3ccccc3Oc3ccccc3)n[nH]c(=O)c2C)cc1. The molecule has 0 bridgehead atoms. The fourth-order valence-corrected chi connectivity index (χ4v) is 3.50. The Morgan fingerprint density at radius 2 is 1.66 bits per heavy atom. The van der Waals surface area contributed by atoms with Crippen LogP contribution in [0.3, 0.4) is 0 Å². The lowest BCUT2D eigenvalue weighted by Crippen LogP contribution is -2.22. The van der Waals surface area contributed by atoms with E-state index >= 15 is 0 Å². The first-order chi connectivity index (χ1) is 15.6. The van der Waals surface area contributed by atoms with E-state index in [9.17, 15) is 9.59 Å². The number of H-pyrrole nitrogens is 1. The second kappa shape index (κ2) is 9.31. The number of rotatable bonds is 6. The van der Waals surface area contributed by atoms with Crippen LogP contribution in [0, 0.1) is 6.92 Å². The Balaban J connectivity index is 1.82. The van der Waals surface area contributed by atoms with E-state index in [2.05, 4.69) is 15.5 Å². The van der Waals surface area contributed by atoms with Gasteiger partial charge in [-0.1, -0.05) is 42.5 Å². The van der Waals surface area contributed by atoms with Crippen molar-refractivity contribution < 1.29 is 9.53 Å². The lowest BCUT2D eigenvalue weighted by molar-refractivity contribution is 0.0956. The lowest BCUT2D eigenvalue weighted by Gasteiger charge is -2.15. The second-order valence-electron chi connectivity index (χ2n) is 7.25. The number of amides is 1. The van der Waals surface area contributed by atoms with Crippen molar-refractivity contribution >= 4 is 5.91 Å². The lowest BCUT2D eigenvalue weighted by atomic mass is 9.95. The molecule has 32 heavy (non-hydrogen) atoms. The van der Waals surface area contributed by atoms with Crippen LogP contribution in [0.1, 0.15) is 22.8 Å². The van der Waals surface area contributed by atoms with Crippen LogP contribution in [-0.2, 0) is 0 Å². The highest BCUT2D eigenvalue weighted by Gasteiger charge is 2.18. The number of para-hydroxylation sites is 2. The molecule has 0 aliphatic heterocycles. The van der Waals surface area contributed by atoms with Gasteiger partial charge in [0.2, 0.25) is 0 Å². The van der Waals surface area contributed by atoms with Gasteiger partial charge in [0.05, 0.1) is 0 Å². The summed E-state index contributed by atoms with van der Waals surface area (Å²) < 4.78 is 6.12. The van der Waals surface area contributed by atoms with Gasteiger partial charge in [0.25, 0.3) is 11.5 Å². The van der Waals surface area contributed by atoms with Gasteiger partial charge in [-0.2, -0.15) is 5.10 Å². The number of nitrogens with one attached hydrogen (secondary N) is 2. The Labute approximate surface area is 185 Å². The van der Waals surface area contributed by atoms with Crippen molar-refractivity contribution in [3.8, 4) is 33.9 Å². The van der Waals surface area contributed by atoms with E-state index < -0.39 is 0 Å². The van der Waals surface area contributed by atoms with Crippen LogP contribution in [0.25, 0.3) is 22.4 Å². The fourth-order valence-electron chi connectivity index (χ4n) is 3.50. The van der Waals surface area contributed by atoms with Crippen LogP contribution in [0.2, 0.25) is 0 Å². The van der Waals surface area contributed by atoms with Crippen molar-refractivity contribution in [2.45, 2.75) is 13.8 Å². The molecule has 0 unspecified atom stereocenters. The summed E-state index contributed by atoms with van der Waals surface area (Å²) in [7, 11) is 0. The summed E-state index contributed by atoms with van der Waals surface area (Å²) in [4.78, 5) is 24.5. The van der Waals surface area contributed by atoms with Crippen LogP contribution in [0.4, 0.5) is 0 Å². The van der Waals surface area contributed by atoms with Gasteiger partial charge in [0, 0.05) is 28.8 Å². The number of carbonyl (C=O) groups is 1. The van der Waals surface area contributed by atoms with Gasteiger partial charge < -0.3 is 10.1 Å². The van der Waals surface area contributed by atoms with Gasteiger partial charge in [0.1, 0.15) is 17.2 Å². The van der Waals surface area contributed by atoms with Crippen molar-refractivity contribution in [1.82, 2.24) is 15.5 Å². The van der Waals surface area contributed by atoms with E-state index in [0.29, 0.717) is 40.4 Å². The predicted octanol–water partition coefficient (Wildman–Crippen LogP) is 4.95. The van der Waals surface area contributed by atoms with Crippen LogP contribution in [0.5, 0.6) is 11.5 Å². The number of ether oxygens (including phenoxy) is 1. The first-order valence-electron chi connectivity index (χ1n) is 10.4. The topological polar surface area (TPSA) is 84.1 Å². The number of aromatic nitrogens is 2. The number of carbonyl (C=O) groups excluding carboxylic acids is 1. The van der Waals surface area contributed by atoms with Crippen LogP contribution >= 0.6 is 0 Å². The Bertz CT molecular complexity index is 1300. The molecule has 2 N–H and O–H groups in total. The molecule has 160 valence electrons. The van der Waals surface area contributed by atoms with Crippen molar-refractivity contribution in [1.29, 1.82) is 0 Å². The highest BCUT2D eigenvalue weighted by molar-refractivity contribution is 5.95. The van der Waals surface area contributed by atoms with E-state index in [0.717, 1.165) is 11.1 Å². The van der Waals surface area contributed by atoms with Gasteiger partial charge >= 0.3 is 0 Å². The van der Waals surface area contributed by atoms with E-state index in [1.807, 2.05) is 73.7 Å². The first kappa shape index (κ1) is 21.1. The molecule has 0 radical (unpaired) electrons. The predicted molar refractivity (Wildman–Crippen MR) is 125 cm³/mol. The first-order valence-corrected chi connectivity index (χ1v) is 10.4. The normalized spacial score (nSPS) is 10.6. The molecule has 0 aliphatic rings. The molecule has 4 aromatic rings. The van der Waals surface area contributed by atoms with Gasteiger partial charge in [0.15, 0.2) is 0 Å². The molecule has 1 heterocycles. The minimum atomic E-state index is -0.266. The maximum Gasteiger partial charge on any atom is 0.267 e. The number of aromatic amines is 1. The smallest absolute Gasteiger partial charge is 0.267 e. The number of hydrogen-bond donors (Lipinski definition) is 2. The van der Waals surface area contributed by atoms with Gasteiger partial charge in [-0.15, -0.1) is 0 Å². The third kappa shape index (κ3) is 4.30. The molecule has 0 saturated carbocycles. The molecule has 1 aromatic heterocycles. The van der Waals surface area contributed by atoms with Gasteiger partial charge in [-0.25, -0.2) is 5.10 Å². The summed E-state index contributed by atoms with van der Waals surface area (Å²) in [6, 6.07) is 24.2. The Hall–Kier alpha value is -4.19. The molecule has 1 amide bonds. The molecule has 6 heteroatoms. The van der Waals surface area contributed by atoms with E-state index in [-0.39, 0.29) is 11.5 Å². The van der Waals surface area contributed by atoms with Crippen LogP contribution in [-0.4, -0.2) is 22.6 Å². The van der Waals surface area contributed by atoms with Gasteiger partial charge in [-0.05, 0) is 55.8 Å². The third-order valence-electron chi connectivity index (χ3n) is 5.11. The summed E-state index contributed by atoms with van der Waals surface area (Å²) in [5, 5.41) is 9.75. The van der Waals surface area contributed by atoms with Crippen molar-refractivity contribution in [3.63, 3.8) is 0 Å². The minimum absolute atomic E-state index is 0.137. The van der Waals surface area contributed by atoms with Crippen molar-refractivity contribution in [2.75, 3.05) is 6.54 Å². The highest BCUT2D eigenvalue weighted by Crippen LogP contribution is 2.38. The third-order valence-corrected chi connectivity index (χ3v) is 5.11. The largest absolute Gasteiger partial charge is 0.457 e. The summed E-state index contributed by atoms with van der Waals surface area (Å²) in [5.74, 6) is 1.19. The molecule has 0 spiro atoms. The summed E-state index contributed by atoms with van der Waals surface area (Å²) in [6.45, 7) is 4.19. The Morgan fingerprint density at radius 1 is 0.969 bits per heavy atom. The second-order valence-corrected chi connectivity index (χ2v) is 7.25. The summed E-state index contributed by atoms with van der Waals surface area (Å²) >= 11 is 0.